The minimum absolute atomic E-state index is 0.0462. The van der Waals surface area contributed by atoms with E-state index in [2.05, 4.69) is 10.3 Å². The predicted octanol–water partition coefficient (Wildman–Crippen LogP) is 4.04. The Labute approximate surface area is 198 Å². The second-order valence-electron chi connectivity index (χ2n) is 7.75. The molecule has 0 saturated carbocycles. The fourth-order valence-electron chi connectivity index (χ4n) is 3.74. The molecular weight excluding hydrogens is 432 g/mol. The number of rotatable bonds is 8. The van der Waals surface area contributed by atoms with E-state index in [1.165, 1.54) is 12.3 Å². The Morgan fingerprint density at radius 2 is 1.74 bits per heavy atom. The van der Waals surface area contributed by atoms with Crippen LogP contribution < -0.4 is 25.4 Å². The van der Waals surface area contributed by atoms with E-state index < -0.39 is 5.91 Å². The fourth-order valence-corrected chi connectivity index (χ4v) is 3.74. The molecule has 2 aromatic carbocycles. The molecule has 1 atom stereocenters. The monoisotopic (exact) mass is 458 g/mol. The third-order valence-electron chi connectivity index (χ3n) is 5.34. The van der Waals surface area contributed by atoms with Crippen LogP contribution in [-0.2, 0) is 4.79 Å². The Hall–Kier alpha value is -4.17. The molecule has 0 radical (unpaired) electrons. The number of nitrogens with one attached hydrogen (secondary N) is 1. The number of amides is 2. The third-order valence-corrected chi connectivity index (χ3v) is 5.34. The normalized spacial score (nSPS) is 15.3. The molecule has 1 unspecified atom stereocenters. The molecule has 1 fully saturated rings. The van der Waals surface area contributed by atoms with Crippen molar-refractivity contribution in [3.8, 4) is 23.1 Å². The maximum absolute atomic E-state index is 12.8. The maximum atomic E-state index is 12.8. The summed E-state index contributed by atoms with van der Waals surface area (Å²) in [6.45, 7) is 3.25. The topological polar surface area (TPSA) is 107 Å². The van der Waals surface area contributed by atoms with Gasteiger partial charge >= 0.3 is 0 Å². The minimum Gasteiger partial charge on any atom is -0.457 e. The van der Waals surface area contributed by atoms with E-state index in [4.69, 9.17) is 15.2 Å². The van der Waals surface area contributed by atoms with Crippen LogP contribution in [-0.4, -0.2) is 35.9 Å². The van der Waals surface area contributed by atoms with Crippen molar-refractivity contribution >= 4 is 17.5 Å². The first-order valence-electron chi connectivity index (χ1n) is 11.0. The van der Waals surface area contributed by atoms with Crippen LogP contribution in [0.5, 0.6) is 23.1 Å². The first-order valence-corrected chi connectivity index (χ1v) is 11.0. The van der Waals surface area contributed by atoms with Gasteiger partial charge in [0.25, 0.3) is 11.8 Å². The lowest BCUT2D eigenvalue weighted by Gasteiger charge is -2.27. The molecule has 1 saturated heterocycles. The lowest BCUT2D eigenvalue weighted by Crippen LogP contribution is -2.41. The second kappa shape index (κ2) is 10.6. The standard InChI is InChI=1S/C26H26N4O4/c1-2-6-24(31)30(18-13-14-28-16-18)19-15-23(25(27)32)26(29-17-19)34-22-11-9-21(10-12-22)33-20-7-4-3-5-8-20/h2-12,15,17-18,28H,13-14,16H2,1H3,(H2,27,32)/b6-2+. The number of hydrogen-bond acceptors (Lipinski definition) is 6. The van der Waals surface area contributed by atoms with Crippen molar-refractivity contribution < 1.29 is 19.1 Å². The Morgan fingerprint density at radius 1 is 1.06 bits per heavy atom. The van der Waals surface area contributed by atoms with Crippen molar-refractivity contribution in [3.05, 3.63) is 84.6 Å². The quantitative estimate of drug-likeness (QED) is 0.494. The van der Waals surface area contributed by atoms with Gasteiger partial charge in [0.1, 0.15) is 22.8 Å². The number of ether oxygens (including phenoxy) is 2. The second-order valence-corrected chi connectivity index (χ2v) is 7.75. The Bertz CT molecular complexity index is 1170. The average molecular weight is 459 g/mol. The molecule has 0 bridgehead atoms. The predicted molar refractivity (Wildman–Crippen MR) is 129 cm³/mol. The van der Waals surface area contributed by atoms with Gasteiger partial charge in [0.2, 0.25) is 5.88 Å². The summed E-state index contributed by atoms with van der Waals surface area (Å²) in [5.74, 6) is 1.01. The van der Waals surface area contributed by atoms with Crippen LogP contribution >= 0.6 is 0 Å². The Balaban J connectivity index is 1.56. The van der Waals surface area contributed by atoms with Crippen molar-refractivity contribution in [3.63, 3.8) is 0 Å². The van der Waals surface area contributed by atoms with Crippen molar-refractivity contribution in [1.82, 2.24) is 10.3 Å². The fraction of sp³-hybridized carbons (Fsp3) is 0.192. The van der Waals surface area contributed by atoms with E-state index in [9.17, 15) is 9.59 Å². The zero-order valence-corrected chi connectivity index (χ0v) is 18.8. The Kier molecular flexibility index (Phi) is 7.19. The van der Waals surface area contributed by atoms with Crippen LogP contribution in [0.1, 0.15) is 23.7 Å². The van der Waals surface area contributed by atoms with Crippen LogP contribution in [0, 0.1) is 0 Å². The number of carbonyl (C=O) groups excluding carboxylic acids is 2. The molecule has 4 rings (SSSR count). The molecule has 3 N–H and O–H groups in total. The molecule has 8 nitrogen and oxygen atoms in total. The highest BCUT2D eigenvalue weighted by atomic mass is 16.5. The van der Waals surface area contributed by atoms with Gasteiger partial charge in [-0.1, -0.05) is 24.3 Å². The number of hydrogen-bond donors (Lipinski definition) is 2. The van der Waals surface area contributed by atoms with E-state index in [0.29, 0.717) is 23.7 Å². The van der Waals surface area contributed by atoms with Gasteiger partial charge in [-0.25, -0.2) is 4.98 Å². The van der Waals surface area contributed by atoms with Crippen LogP contribution in [0.4, 0.5) is 5.69 Å². The molecule has 1 aliphatic rings. The van der Waals surface area contributed by atoms with Gasteiger partial charge in [0.05, 0.1) is 17.9 Å². The molecule has 2 amide bonds. The number of nitrogens with two attached hydrogens (primary N) is 1. The molecule has 8 heteroatoms. The first kappa shape index (κ1) is 23.0. The largest absolute Gasteiger partial charge is 0.457 e. The van der Waals surface area contributed by atoms with Crippen molar-refractivity contribution in [2.45, 2.75) is 19.4 Å². The molecular formula is C26H26N4O4. The molecule has 34 heavy (non-hydrogen) atoms. The highest BCUT2D eigenvalue weighted by Gasteiger charge is 2.28. The molecule has 1 aromatic heterocycles. The zero-order valence-electron chi connectivity index (χ0n) is 18.8. The van der Waals surface area contributed by atoms with Gasteiger partial charge in [0.15, 0.2) is 0 Å². The van der Waals surface area contributed by atoms with Gasteiger partial charge in [-0.3, -0.25) is 9.59 Å². The highest BCUT2D eigenvalue weighted by molar-refractivity contribution is 6.03. The van der Waals surface area contributed by atoms with E-state index >= 15 is 0 Å². The van der Waals surface area contributed by atoms with E-state index in [1.807, 2.05) is 30.3 Å². The van der Waals surface area contributed by atoms with Crippen LogP contribution in [0.15, 0.2) is 79.0 Å². The summed E-state index contributed by atoms with van der Waals surface area (Å²) < 4.78 is 11.6. The number of allylic oxidation sites excluding steroid dienone is 1. The van der Waals surface area contributed by atoms with Crippen molar-refractivity contribution in [1.29, 1.82) is 0 Å². The molecule has 0 spiro atoms. The summed E-state index contributed by atoms with van der Waals surface area (Å²) >= 11 is 0. The van der Waals surface area contributed by atoms with Gasteiger partial charge < -0.3 is 25.4 Å². The van der Waals surface area contributed by atoms with Crippen LogP contribution in [0.2, 0.25) is 0 Å². The number of carbonyl (C=O) groups is 2. The number of para-hydroxylation sites is 1. The molecule has 174 valence electrons. The third kappa shape index (κ3) is 5.41. The number of aromatic nitrogens is 1. The SMILES string of the molecule is C/C=C/C(=O)N(c1cnc(Oc2ccc(Oc3ccccc3)cc2)c(C(N)=O)c1)C1CCNC1. The van der Waals surface area contributed by atoms with E-state index in [1.54, 1.807) is 48.2 Å². The van der Waals surface area contributed by atoms with E-state index in [0.717, 1.165) is 18.7 Å². The minimum atomic E-state index is -0.698. The van der Waals surface area contributed by atoms with Crippen LogP contribution in [0.3, 0.4) is 0 Å². The number of anilines is 1. The summed E-state index contributed by atoms with van der Waals surface area (Å²) in [6.07, 6.45) is 5.49. The smallest absolute Gasteiger partial charge is 0.254 e. The highest BCUT2D eigenvalue weighted by Crippen LogP contribution is 2.30. The zero-order chi connectivity index (χ0) is 23.9. The lowest BCUT2D eigenvalue weighted by atomic mass is 10.1. The van der Waals surface area contributed by atoms with Gasteiger partial charge in [0, 0.05) is 6.54 Å². The van der Waals surface area contributed by atoms with Gasteiger partial charge in [-0.2, -0.15) is 0 Å². The Morgan fingerprint density at radius 3 is 2.35 bits per heavy atom. The van der Waals surface area contributed by atoms with Gasteiger partial charge in [-0.05, 0) is 68.4 Å². The summed E-state index contributed by atoms with van der Waals surface area (Å²) in [6, 6.07) is 17.9. The number of benzene rings is 2. The number of nitrogens with zero attached hydrogens (tertiary/aromatic N) is 2. The number of primary amides is 1. The molecule has 1 aliphatic heterocycles. The number of pyridine rings is 1. The molecule has 0 aliphatic carbocycles. The average Bonchev–Trinajstić information content (AvgIpc) is 3.36. The van der Waals surface area contributed by atoms with E-state index in [-0.39, 0.29) is 23.4 Å². The van der Waals surface area contributed by atoms with Crippen LogP contribution in [0.25, 0.3) is 0 Å². The van der Waals surface area contributed by atoms with Crippen molar-refractivity contribution in [2.24, 2.45) is 5.73 Å². The maximum Gasteiger partial charge on any atom is 0.254 e. The molecule has 2 heterocycles. The summed E-state index contributed by atoms with van der Waals surface area (Å²) in [7, 11) is 0. The summed E-state index contributed by atoms with van der Waals surface area (Å²) in [5, 5.41) is 3.26. The summed E-state index contributed by atoms with van der Waals surface area (Å²) in [5.41, 5.74) is 6.21. The summed E-state index contributed by atoms with van der Waals surface area (Å²) in [4.78, 5) is 31.0. The van der Waals surface area contributed by atoms with Gasteiger partial charge in [-0.15, -0.1) is 0 Å². The first-order chi connectivity index (χ1) is 16.5. The lowest BCUT2D eigenvalue weighted by molar-refractivity contribution is -0.114. The van der Waals surface area contributed by atoms with Crippen molar-refractivity contribution in [2.75, 3.05) is 18.0 Å². The molecule has 3 aromatic rings.